The summed E-state index contributed by atoms with van der Waals surface area (Å²) in [5, 5.41) is 19.7. The summed E-state index contributed by atoms with van der Waals surface area (Å²) in [6, 6.07) is -0.0211. The average Bonchev–Trinajstić information content (AvgIpc) is 2.48. The Morgan fingerprint density at radius 2 is 2.15 bits per heavy atom. The first-order valence-corrected chi connectivity index (χ1v) is 4.02. The Morgan fingerprint density at radius 3 is 2.62 bits per heavy atom. The van der Waals surface area contributed by atoms with E-state index in [9.17, 15) is 9.59 Å². The minimum atomic E-state index is -0.945. The molecule has 0 spiro atoms. The minimum absolute atomic E-state index is 0.0211. The van der Waals surface area contributed by atoms with E-state index in [1.807, 2.05) is 0 Å². The number of rotatable bonds is 3. The number of aliphatic carboxylic acids is 1. The number of nitrogens with zero attached hydrogens (tertiary/aromatic N) is 1. The lowest BCUT2D eigenvalue weighted by Gasteiger charge is -2.12. The van der Waals surface area contributed by atoms with Crippen molar-refractivity contribution < 1.29 is 19.8 Å². The van der Waals surface area contributed by atoms with Gasteiger partial charge in [-0.25, -0.2) is 4.79 Å². The maximum Gasteiger partial charge on any atom is 0.407 e. The topological polar surface area (TPSA) is 89.9 Å². The Morgan fingerprint density at radius 1 is 1.46 bits per heavy atom. The second-order valence-electron chi connectivity index (χ2n) is 2.99. The van der Waals surface area contributed by atoms with Crippen molar-refractivity contribution in [2.75, 3.05) is 19.6 Å². The van der Waals surface area contributed by atoms with Crippen LogP contribution in [0.15, 0.2) is 0 Å². The Bertz CT molecular complexity index is 219. The van der Waals surface area contributed by atoms with E-state index in [0.717, 1.165) is 0 Å². The molecule has 0 aromatic carbocycles. The standard InChI is InChI=1S/C7H12N2O4/c10-6(11)3-8-5-1-2-9(4-5)7(12)13/h5,8H,1-4H2,(H,10,11)(H,12,13). The van der Waals surface area contributed by atoms with Crippen LogP contribution in [0.3, 0.4) is 0 Å². The van der Waals surface area contributed by atoms with E-state index in [0.29, 0.717) is 19.5 Å². The summed E-state index contributed by atoms with van der Waals surface area (Å²) in [5.74, 6) is -0.922. The van der Waals surface area contributed by atoms with Gasteiger partial charge in [-0.3, -0.25) is 4.79 Å². The lowest BCUT2D eigenvalue weighted by atomic mass is 10.3. The summed E-state index contributed by atoms with van der Waals surface area (Å²) in [4.78, 5) is 21.9. The SMILES string of the molecule is O=C(O)CNC1CCN(C(=O)O)C1. The van der Waals surface area contributed by atoms with E-state index in [4.69, 9.17) is 10.2 Å². The van der Waals surface area contributed by atoms with Gasteiger partial charge >= 0.3 is 12.1 Å². The number of likely N-dealkylation sites (tertiary alicyclic amines) is 1. The molecule has 0 aromatic heterocycles. The quantitative estimate of drug-likeness (QED) is 0.551. The third-order valence-electron chi connectivity index (χ3n) is 2.00. The van der Waals surface area contributed by atoms with Crippen molar-refractivity contribution >= 4 is 12.1 Å². The molecule has 74 valence electrons. The number of amides is 1. The monoisotopic (exact) mass is 188 g/mol. The zero-order valence-corrected chi connectivity index (χ0v) is 7.06. The van der Waals surface area contributed by atoms with Crippen LogP contribution in [0.5, 0.6) is 0 Å². The van der Waals surface area contributed by atoms with Crippen molar-refractivity contribution in [3.05, 3.63) is 0 Å². The molecule has 1 amide bonds. The predicted octanol–water partition coefficient (Wildman–Crippen LogP) is -0.587. The smallest absolute Gasteiger partial charge is 0.407 e. The molecule has 0 aliphatic carbocycles. The summed E-state index contributed by atoms with van der Waals surface area (Å²) < 4.78 is 0. The van der Waals surface area contributed by atoms with E-state index in [1.54, 1.807) is 0 Å². The van der Waals surface area contributed by atoms with Gasteiger partial charge in [0.1, 0.15) is 0 Å². The van der Waals surface area contributed by atoms with Crippen LogP contribution in [0.25, 0.3) is 0 Å². The molecule has 6 nitrogen and oxygen atoms in total. The molecule has 1 atom stereocenters. The molecule has 6 heteroatoms. The van der Waals surface area contributed by atoms with Crippen LogP contribution in [-0.4, -0.2) is 52.9 Å². The lowest BCUT2D eigenvalue weighted by Crippen LogP contribution is -2.37. The van der Waals surface area contributed by atoms with Crippen LogP contribution >= 0.6 is 0 Å². The second kappa shape index (κ2) is 4.08. The van der Waals surface area contributed by atoms with Gasteiger partial charge in [0, 0.05) is 19.1 Å². The van der Waals surface area contributed by atoms with Crippen LogP contribution in [-0.2, 0) is 4.79 Å². The predicted molar refractivity (Wildman–Crippen MR) is 43.6 cm³/mol. The van der Waals surface area contributed by atoms with Crippen molar-refractivity contribution in [3.8, 4) is 0 Å². The summed E-state index contributed by atoms with van der Waals surface area (Å²) in [7, 11) is 0. The first-order valence-electron chi connectivity index (χ1n) is 4.02. The van der Waals surface area contributed by atoms with Gasteiger partial charge in [0.05, 0.1) is 6.54 Å². The Labute approximate surface area is 75.1 Å². The van der Waals surface area contributed by atoms with Crippen LogP contribution < -0.4 is 5.32 Å². The first kappa shape index (κ1) is 9.79. The molecule has 1 saturated heterocycles. The molecule has 1 aliphatic heterocycles. The molecule has 13 heavy (non-hydrogen) atoms. The van der Waals surface area contributed by atoms with E-state index in [-0.39, 0.29) is 12.6 Å². The maximum atomic E-state index is 10.5. The summed E-state index contributed by atoms with van der Waals surface area (Å²) in [5.41, 5.74) is 0. The molecule has 1 fully saturated rings. The molecule has 0 radical (unpaired) electrons. The highest BCUT2D eigenvalue weighted by molar-refractivity contribution is 5.69. The highest BCUT2D eigenvalue weighted by Gasteiger charge is 2.25. The molecular formula is C7H12N2O4. The van der Waals surface area contributed by atoms with Crippen LogP contribution in [0, 0.1) is 0 Å². The molecule has 0 aromatic rings. The molecule has 3 N–H and O–H groups in total. The first-order chi connectivity index (χ1) is 6.09. The molecular weight excluding hydrogens is 176 g/mol. The number of carbonyl (C=O) groups is 2. The van der Waals surface area contributed by atoms with Crippen LogP contribution in [0.2, 0.25) is 0 Å². The number of nitrogens with one attached hydrogen (secondary N) is 1. The zero-order valence-electron chi connectivity index (χ0n) is 7.06. The van der Waals surface area contributed by atoms with Crippen molar-refractivity contribution in [3.63, 3.8) is 0 Å². The fourth-order valence-corrected chi connectivity index (χ4v) is 1.33. The summed E-state index contributed by atoms with van der Waals surface area (Å²) in [6.07, 6.45) is -0.265. The van der Waals surface area contributed by atoms with Gasteiger partial charge in [-0.2, -0.15) is 0 Å². The van der Waals surface area contributed by atoms with Crippen LogP contribution in [0.4, 0.5) is 4.79 Å². The van der Waals surface area contributed by atoms with Crippen molar-refractivity contribution in [1.29, 1.82) is 0 Å². The van der Waals surface area contributed by atoms with Gasteiger partial charge in [0.25, 0.3) is 0 Å². The van der Waals surface area contributed by atoms with Crippen LogP contribution in [0.1, 0.15) is 6.42 Å². The Balaban J connectivity index is 2.25. The molecule has 1 rings (SSSR count). The fraction of sp³-hybridized carbons (Fsp3) is 0.714. The molecule has 0 bridgehead atoms. The summed E-state index contributed by atoms with van der Waals surface area (Å²) >= 11 is 0. The van der Waals surface area contributed by atoms with E-state index in [1.165, 1.54) is 4.90 Å². The number of carboxylic acids is 1. The van der Waals surface area contributed by atoms with Gasteiger partial charge < -0.3 is 20.4 Å². The van der Waals surface area contributed by atoms with E-state index >= 15 is 0 Å². The van der Waals surface area contributed by atoms with Crippen molar-refractivity contribution in [2.45, 2.75) is 12.5 Å². The minimum Gasteiger partial charge on any atom is -0.480 e. The lowest BCUT2D eigenvalue weighted by molar-refractivity contribution is -0.136. The number of carboxylic acid groups (broad SMARTS) is 2. The average molecular weight is 188 g/mol. The number of hydrogen-bond acceptors (Lipinski definition) is 3. The van der Waals surface area contributed by atoms with E-state index in [2.05, 4.69) is 5.32 Å². The largest absolute Gasteiger partial charge is 0.480 e. The maximum absolute atomic E-state index is 10.5. The van der Waals surface area contributed by atoms with Gasteiger partial charge in [-0.15, -0.1) is 0 Å². The summed E-state index contributed by atoms with van der Waals surface area (Å²) in [6.45, 7) is 0.743. The second-order valence-corrected chi connectivity index (χ2v) is 2.99. The van der Waals surface area contributed by atoms with Crippen molar-refractivity contribution in [1.82, 2.24) is 10.2 Å². The molecule has 1 heterocycles. The normalized spacial score (nSPS) is 21.8. The molecule has 0 saturated carbocycles. The molecule has 1 aliphatic rings. The zero-order chi connectivity index (χ0) is 9.84. The highest BCUT2D eigenvalue weighted by atomic mass is 16.4. The van der Waals surface area contributed by atoms with Gasteiger partial charge in [0.2, 0.25) is 0 Å². The Kier molecular flexibility index (Phi) is 3.07. The molecule has 1 unspecified atom stereocenters. The highest BCUT2D eigenvalue weighted by Crippen LogP contribution is 2.08. The van der Waals surface area contributed by atoms with Crippen molar-refractivity contribution in [2.24, 2.45) is 0 Å². The third-order valence-corrected chi connectivity index (χ3v) is 2.00. The third kappa shape index (κ3) is 2.90. The number of hydrogen-bond donors (Lipinski definition) is 3. The van der Waals surface area contributed by atoms with Gasteiger partial charge in [-0.1, -0.05) is 0 Å². The fourth-order valence-electron chi connectivity index (χ4n) is 1.33. The Hall–Kier alpha value is -1.30. The van der Waals surface area contributed by atoms with E-state index < -0.39 is 12.1 Å². The van der Waals surface area contributed by atoms with Gasteiger partial charge in [-0.05, 0) is 6.42 Å². The van der Waals surface area contributed by atoms with Gasteiger partial charge in [0.15, 0.2) is 0 Å².